The molecule has 0 amide bonds. The van der Waals surface area contributed by atoms with Crippen molar-refractivity contribution in [3.8, 4) is 0 Å². The highest BCUT2D eigenvalue weighted by Gasteiger charge is 2.09. The maximum absolute atomic E-state index is 4.23. The minimum absolute atomic E-state index is 0.425. The van der Waals surface area contributed by atoms with Gasteiger partial charge in [0.1, 0.15) is 0 Å². The lowest BCUT2D eigenvalue weighted by molar-refractivity contribution is 0.577. The highest BCUT2D eigenvalue weighted by Crippen LogP contribution is 2.18. The van der Waals surface area contributed by atoms with Crippen LogP contribution in [0.2, 0.25) is 0 Å². The molecule has 1 N–H and O–H groups in total. The molecule has 0 aliphatic carbocycles. The van der Waals surface area contributed by atoms with Crippen molar-refractivity contribution in [3.05, 3.63) is 53.6 Å². The first kappa shape index (κ1) is 13.4. The van der Waals surface area contributed by atoms with Crippen LogP contribution in [0.15, 0.2) is 36.5 Å². The molecule has 2 heterocycles. The van der Waals surface area contributed by atoms with Crippen molar-refractivity contribution in [2.75, 3.05) is 0 Å². The van der Waals surface area contributed by atoms with E-state index in [1.165, 1.54) is 5.56 Å². The number of H-pyrrole nitrogens is 1. The number of aromatic amines is 1. The lowest BCUT2D eigenvalue weighted by Gasteiger charge is -2.09. The van der Waals surface area contributed by atoms with Crippen LogP contribution in [0.1, 0.15) is 29.9 Å². The predicted octanol–water partition coefficient (Wildman–Crippen LogP) is 1.38. The monoisotopic (exact) mass is 283 g/mol. The quantitative estimate of drug-likeness (QED) is 0.738. The Kier molecular flexibility index (Phi) is 3.99. The summed E-state index contributed by atoms with van der Waals surface area (Å²) in [6, 6.07) is 10.4. The summed E-state index contributed by atoms with van der Waals surface area (Å²) in [5.74, 6) is 1.11. The second kappa shape index (κ2) is 6.25. The van der Waals surface area contributed by atoms with E-state index in [4.69, 9.17) is 0 Å². The van der Waals surface area contributed by atoms with Gasteiger partial charge in [0.05, 0.1) is 5.69 Å². The Hall–Kier alpha value is -2.57. The van der Waals surface area contributed by atoms with E-state index in [2.05, 4.69) is 62.1 Å². The molecule has 2 aromatic heterocycles. The molecule has 3 aromatic rings. The molecule has 7 heteroatoms. The zero-order valence-electron chi connectivity index (χ0n) is 11.8. The smallest absolute Gasteiger partial charge is 0.176 e. The molecule has 7 nitrogen and oxygen atoms in total. The largest absolute Gasteiger partial charge is 0.252 e. The first-order valence-electron chi connectivity index (χ1n) is 6.97. The normalized spacial score (nSPS) is 12.4. The lowest BCUT2D eigenvalue weighted by Crippen LogP contribution is -2.03. The molecular weight excluding hydrogens is 266 g/mol. The molecule has 0 aliphatic heterocycles. The number of aromatic nitrogens is 7. The van der Waals surface area contributed by atoms with Gasteiger partial charge < -0.3 is 0 Å². The number of hydrogen-bond acceptors (Lipinski definition) is 5. The Morgan fingerprint density at radius 1 is 1.19 bits per heavy atom. The molecule has 0 spiro atoms. The van der Waals surface area contributed by atoms with E-state index < -0.39 is 0 Å². The highest BCUT2D eigenvalue weighted by atomic mass is 15.5. The molecular formula is C14H17N7. The van der Waals surface area contributed by atoms with Crippen molar-refractivity contribution < 1.29 is 0 Å². The van der Waals surface area contributed by atoms with Gasteiger partial charge in [-0.3, -0.25) is 4.68 Å². The van der Waals surface area contributed by atoms with Gasteiger partial charge in [-0.05, 0) is 17.9 Å². The molecule has 1 atom stereocenters. The zero-order valence-corrected chi connectivity index (χ0v) is 11.8. The third-order valence-corrected chi connectivity index (χ3v) is 3.42. The van der Waals surface area contributed by atoms with E-state index in [0.29, 0.717) is 24.7 Å². The van der Waals surface area contributed by atoms with Gasteiger partial charge in [0.25, 0.3) is 0 Å². The van der Waals surface area contributed by atoms with Crippen molar-refractivity contribution in [3.63, 3.8) is 0 Å². The van der Waals surface area contributed by atoms with Crippen LogP contribution in [-0.2, 0) is 19.4 Å². The van der Waals surface area contributed by atoms with Crippen LogP contribution in [-0.4, -0.2) is 35.6 Å². The Morgan fingerprint density at radius 3 is 2.81 bits per heavy atom. The van der Waals surface area contributed by atoms with Crippen molar-refractivity contribution in [1.82, 2.24) is 35.6 Å². The second-order valence-corrected chi connectivity index (χ2v) is 5.07. The molecule has 0 radical (unpaired) electrons. The Bertz CT molecular complexity index is 660. The van der Waals surface area contributed by atoms with Crippen LogP contribution >= 0.6 is 0 Å². The molecule has 0 fully saturated rings. The summed E-state index contributed by atoms with van der Waals surface area (Å²) >= 11 is 0. The number of tetrazole rings is 1. The predicted molar refractivity (Wildman–Crippen MR) is 76.5 cm³/mol. The molecule has 0 saturated carbocycles. The molecule has 21 heavy (non-hydrogen) atoms. The summed E-state index contributed by atoms with van der Waals surface area (Å²) < 4.78 is 1.82. The van der Waals surface area contributed by atoms with E-state index in [1.807, 2.05) is 16.9 Å². The summed E-state index contributed by atoms with van der Waals surface area (Å²) in [6.07, 6.45) is 3.55. The second-order valence-electron chi connectivity index (χ2n) is 5.07. The van der Waals surface area contributed by atoms with Gasteiger partial charge >= 0.3 is 0 Å². The molecule has 108 valence electrons. The van der Waals surface area contributed by atoms with Crippen molar-refractivity contribution in [1.29, 1.82) is 0 Å². The molecule has 0 bridgehead atoms. The first-order chi connectivity index (χ1) is 10.3. The molecule has 0 aliphatic rings. The van der Waals surface area contributed by atoms with E-state index in [9.17, 15) is 0 Å². The topological polar surface area (TPSA) is 85.2 Å². The maximum Gasteiger partial charge on any atom is 0.176 e. The average molecular weight is 283 g/mol. The number of hydrogen-bond donors (Lipinski definition) is 1. The zero-order chi connectivity index (χ0) is 14.5. The average Bonchev–Trinajstić information content (AvgIpc) is 3.17. The summed E-state index contributed by atoms with van der Waals surface area (Å²) in [6.45, 7) is 2.90. The third kappa shape index (κ3) is 3.50. The van der Waals surface area contributed by atoms with E-state index in [0.717, 1.165) is 12.1 Å². The lowest BCUT2D eigenvalue weighted by atomic mass is 9.97. The number of aryl methyl sites for hydroxylation is 2. The van der Waals surface area contributed by atoms with Gasteiger partial charge in [0.2, 0.25) is 0 Å². The van der Waals surface area contributed by atoms with E-state index in [1.54, 1.807) is 0 Å². The molecule has 3 rings (SSSR count). The van der Waals surface area contributed by atoms with Gasteiger partial charge in [-0.15, -0.1) is 15.3 Å². The summed E-state index contributed by atoms with van der Waals surface area (Å²) in [4.78, 5) is 0. The summed E-state index contributed by atoms with van der Waals surface area (Å²) in [7, 11) is 0. The fraction of sp³-hybridized carbons (Fsp3) is 0.357. The number of nitrogens with zero attached hydrogens (tertiary/aromatic N) is 6. The molecule has 1 aromatic carbocycles. The van der Waals surface area contributed by atoms with Crippen LogP contribution in [0.5, 0.6) is 0 Å². The van der Waals surface area contributed by atoms with E-state index in [-0.39, 0.29) is 0 Å². The number of benzene rings is 1. The SMILES string of the molecule is C[C@@H](Cc1cn(CCc2nn[nH]n2)nn1)c1ccccc1. The van der Waals surface area contributed by atoms with Crippen LogP contribution in [0.3, 0.4) is 0 Å². The number of nitrogens with one attached hydrogen (secondary N) is 1. The molecule has 0 unspecified atom stereocenters. The van der Waals surface area contributed by atoms with Crippen LogP contribution in [0, 0.1) is 0 Å². The van der Waals surface area contributed by atoms with E-state index >= 15 is 0 Å². The van der Waals surface area contributed by atoms with Gasteiger partial charge in [-0.25, -0.2) is 0 Å². The summed E-state index contributed by atoms with van der Waals surface area (Å²) in [5, 5.41) is 22.2. The van der Waals surface area contributed by atoms with Gasteiger partial charge in [0, 0.05) is 19.2 Å². The summed E-state index contributed by atoms with van der Waals surface area (Å²) in [5.41, 5.74) is 2.32. The third-order valence-electron chi connectivity index (χ3n) is 3.42. The van der Waals surface area contributed by atoms with Crippen LogP contribution < -0.4 is 0 Å². The van der Waals surface area contributed by atoms with Gasteiger partial charge in [-0.1, -0.05) is 47.7 Å². The Balaban J connectivity index is 1.57. The first-order valence-corrected chi connectivity index (χ1v) is 6.97. The van der Waals surface area contributed by atoms with Crippen molar-refractivity contribution in [2.24, 2.45) is 0 Å². The fourth-order valence-electron chi connectivity index (χ4n) is 2.26. The van der Waals surface area contributed by atoms with Crippen molar-refractivity contribution >= 4 is 0 Å². The number of rotatable bonds is 6. The van der Waals surface area contributed by atoms with Crippen LogP contribution in [0.4, 0.5) is 0 Å². The molecule has 0 saturated heterocycles. The highest BCUT2D eigenvalue weighted by molar-refractivity contribution is 5.20. The Labute approximate surface area is 122 Å². The fourth-order valence-corrected chi connectivity index (χ4v) is 2.26. The Morgan fingerprint density at radius 2 is 2.05 bits per heavy atom. The standard InChI is InChI=1S/C14H17N7/c1-11(12-5-3-2-4-6-12)9-13-10-21(20-15-13)8-7-14-16-18-19-17-14/h2-6,10-11H,7-9H2,1H3,(H,16,17,18,19)/t11-/m0/s1. The van der Waals surface area contributed by atoms with Crippen LogP contribution in [0.25, 0.3) is 0 Å². The maximum atomic E-state index is 4.23. The van der Waals surface area contributed by atoms with Crippen molar-refractivity contribution in [2.45, 2.75) is 32.2 Å². The minimum atomic E-state index is 0.425. The van der Waals surface area contributed by atoms with Gasteiger partial charge in [-0.2, -0.15) is 5.21 Å². The minimum Gasteiger partial charge on any atom is -0.252 e. The van der Waals surface area contributed by atoms with Gasteiger partial charge in [0.15, 0.2) is 5.82 Å².